The van der Waals surface area contributed by atoms with Crippen LogP contribution in [0.3, 0.4) is 0 Å². The lowest BCUT2D eigenvalue weighted by molar-refractivity contribution is 0.415. The smallest absolute Gasteiger partial charge is 0.174 e. The molecule has 0 amide bonds. The topological polar surface area (TPSA) is 42.3 Å². The number of nitrogens with one attached hydrogen (secondary N) is 1. The van der Waals surface area contributed by atoms with Crippen LogP contribution in [0.15, 0.2) is 79.0 Å². The van der Waals surface area contributed by atoms with Crippen LogP contribution < -0.4 is 15.0 Å². The van der Waals surface area contributed by atoms with Crippen molar-refractivity contribution in [1.82, 2.24) is 14.9 Å². The van der Waals surface area contributed by atoms with Gasteiger partial charge >= 0.3 is 0 Å². The summed E-state index contributed by atoms with van der Waals surface area (Å²) in [6.45, 7) is 4.24. The van der Waals surface area contributed by atoms with Gasteiger partial charge in [0.2, 0.25) is 0 Å². The minimum absolute atomic E-state index is 0.0989. The number of aromatic nitrogens is 2. The summed E-state index contributed by atoms with van der Waals surface area (Å²) < 4.78 is 7.58. The zero-order valence-electron chi connectivity index (χ0n) is 19.2. The number of pyridine rings is 1. The summed E-state index contributed by atoms with van der Waals surface area (Å²) >= 11 is 12.4. The number of hydrogen-bond acceptors (Lipinski definition) is 3. The van der Waals surface area contributed by atoms with Crippen molar-refractivity contribution in [1.29, 1.82) is 0 Å². The van der Waals surface area contributed by atoms with Crippen LogP contribution in [-0.4, -0.2) is 21.8 Å². The molecule has 1 fully saturated rings. The number of anilines is 1. The standard InChI is InChI=1S/C27H25ClN4OS/c1-17-16-21(18(2)31(17)24-10-5-4-8-22(24)28)26-25(23-9-6-7-15-29-23)30-27(34)32(26)19-11-13-20(33-3)14-12-19/h4-16,25-26H,1-3H3,(H,30,34)/t25-,26-/m0/s1. The zero-order valence-corrected chi connectivity index (χ0v) is 20.8. The van der Waals surface area contributed by atoms with Crippen LogP contribution in [0.1, 0.15) is 34.7 Å². The molecule has 2 aromatic carbocycles. The monoisotopic (exact) mass is 488 g/mol. The first-order chi connectivity index (χ1) is 16.5. The van der Waals surface area contributed by atoms with E-state index in [9.17, 15) is 0 Å². The van der Waals surface area contributed by atoms with Gasteiger partial charge in [0.25, 0.3) is 0 Å². The third kappa shape index (κ3) is 3.83. The molecule has 5 rings (SSSR count). The molecule has 0 saturated carbocycles. The zero-order chi connectivity index (χ0) is 23.8. The molecule has 1 N–H and O–H groups in total. The number of nitrogens with zero attached hydrogens (tertiary/aromatic N) is 3. The lowest BCUT2D eigenvalue weighted by atomic mass is 9.96. The molecule has 1 saturated heterocycles. The van der Waals surface area contributed by atoms with Crippen molar-refractivity contribution >= 4 is 34.6 Å². The fourth-order valence-corrected chi connectivity index (χ4v) is 5.35. The van der Waals surface area contributed by atoms with Crippen molar-refractivity contribution in [3.8, 4) is 11.4 Å². The minimum atomic E-state index is -0.115. The van der Waals surface area contributed by atoms with Crippen molar-refractivity contribution in [2.45, 2.75) is 25.9 Å². The van der Waals surface area contributed by atoms with Gasteiger partial charge in [0.15, 0.2) is 5.11 Å². The molecule has 0 aliphatic carbocycles. The van der Waals surface area contributed by atoms with E-state index < -0.39 is 0 Å². The van der Waals surface area contributed by atoms with E-state index in [-0.39, 0.29) is 12.1 Å². The Morgan fingerprint density at radius 3 is 2.41 bits per heavy atom. The number of rotatable bonds is 5. The quantitative estimate of drug-likeness (QED) is 0.332. The Kier molecular flexibility index (Phi) is 6.02. The molecule has 1 aliphatic heterocycles. The molecule has 0 radical (unpaired) electrons. The highest BCUT2D eigenvalue weighted by atomic mass is 35.5. The van der Waals surface area contributed by atoms with Crippen LogP contribution in [0.2, 0.25) is 5.02 Å². The lowest BCUT2D eigenvalue weighted by Gasteiger charge is -2.28. The third-order valence-corrected chi connectivity index (χ3v) is 6.97. The van der Waals surface area contributed by atoms with Gasteiger partial charge in [0.05, 0.1) is 35.6 Å². The van der Waals surface area contributed by atoms with Crippen LogP contribution in [0.4, 0.5) is 5.69 Å². The van der Waals surface area contributed by atoms with E-state index in [2.05, 4.69) is 39.7 Å². The van der Waals surface area contributed by atoms with Gasteiger partial charge in [-0.25, -0.2) is 0 Å². The normalized spacial score (nSPS) is 17.6. The molecule has 2 atom stereocenters. The molecular weight excluding hydrogens is 464 g/mol. The Morgan fingerprint density at radius 2 is 1.74 bits per heavy atom. The van der Waals surface area contributed by atoms with E-state index in [0.29, 0.717) is 10.1 Å². The number of thiocarbonyl (C=S) groups is 1. The first-order valence-corrected chi connectivity index (χ1v) is 11.9. The van der Waals surface area contributed by atoms with Gasteiger partial charge in [-0.1, -0.05) is 29.8 Å². The number of methoxy groups -OCH3 is 1. The van der Waals surface area contributed by atoms with Gasteiger partial charge in [-0.15, -0.1) is 0 Å². The number of ether oxygens (including phenoxy) is 1. The number of aryl methyl sites for hydroxylation is 1. The number of para-hydroxylation sites is 1. The Labute approximate surface area is 210 Å². The van der Waals surface area contributed by atoms with Crippen LogP contribution in [0, 0.1) is 13.8 Å². The molecule has 0 bridgehead atoms. The van der Waals surface area contributed by atoms with Crippen LogP contribution in [-0.2, 0) is 0 Å². The lowest BCUT2D eigenvalue weighted by Crippen LogP contribution is -2.29. The van der Waals surface area contributed by atoms with E-state index in [1.54, 1.807) is 7.11 Å². The molecule has 0 unspecified atom stereocenters. The predicted molar refractivity (Wildman–Crippen MR) is 141 cm³/mol. The van der Waals surface area contributed by atoms with Gasteiger partial charge in [-0.05, 0) is 86.2 Å². The number of halogens is 1. The van der Waals surface area contributed by atoms with E-state index in [4.69, 9.17) is 28.6 Å². The molecule has 5 nitrogen and oxygen atoms in total. The number of hydrogen-bond donors (Lipinski definition) is 1. The highest BCUT2D eigenvalue weighted by molar-refractivity contribution is 7.80. The summed E-state index contributed by atoms with van der Waals surface area (Å²) in [5.41, 5.74) is 6.27. The van der Waals surface area contributed by atoms with Gasteiger partial charge in [-0.3, -0.25) is 4.98 Å². The van der Waals surface area contributed by atoms with Crippen molar-refractivity contribution in [3.05, 3.63) is 107 Å². The Bertz CT molecular complexity index is 1340. The molecule has 7 heteroatoms. The molecular formula is C27H25ClN4OS. The van der Waals surface area contributed by atoms with Gasteiger partial charge in [0, 0.05) is 23.3 Å². The first kappa shape index (κ1) is 22.4. The Morgan fingerprint density at radius 1 is 1.00 bits per heavy atom. The highest BCUT2D eigenvalue weighted by Gasteiger charge is 2.42. The summed E-state index contributed by atoms with van der Waals surface area (Å²) in [4.78, 5) is 6.83. The van der Waals surface area contributed by atoms with Crippen LogP contribution >= 0.6 is 23.8 Å². The maximum atomic E-state index is 6.59. The minimum Gasteiger partial charge on any atom is -0.497 e. The summed E-state index contributed by atoms with van der Waals surface area (Å²) in [6.07, 6.45) is 1.82. The van der Waals surface area contributed by atoms with E-state index in [1.807, 2.05) is 72.9 Å². The summed E-state index contributed by atoms with van der Waals surface area (Å²) in [5, 5.41) is 4.90. The second-order valence-corrected chi connectivity index (χ2v) is 9.10. The summed E-state index contributed by atoms with van der Waals surface area (Å²) in [7, 11) is 1.67. The molecule has 3 heterocycles. The summed E-state index contributed by atoms with van der Waals surface area (Å²) in [5.74, 6) is 0.802. The van der Waals surface area contributed by atoms with Crippen molar-refractivity contribution in [2.24, 2.45) is 0 Å². The van der Waals surface area contributed by atoms with E-state index in [1.165, 1.54) is 0 Å². The fraction of sp³-hybridized carbons (Fsp3) is 0.185. The van der Waals surface area contributed by atoms with E-state index >= 15 is 0 Å². The molecule has 2 aromatic heterocycles. The Balaban J connectivity index is 1.68. The molecule has 4 aromatic rings. The van der Waals surface area contributed by atoms with Gasteiger partial charge < -0.3 is 19.5 Å². The third-order valence-electron chi connectivity index (χ3n) is 6.33. The van der Waals surface area contributed by atoms with Gasteiger partial charge in [-0.2, -0.15) is 0 Å². The second kappa shape index (κ2) is 9.12. The van der Waals surface area contributed by atoms with Gasteiger partial charge in [0.1, 0.15) is 5.75 Å². The molecule has 0 spiro atoms. The molecule has 172 valence electrons. The Hall–Kier alpha value is -3.35. The second-order valence-electron chi connectivity index (χ2n) is 8.31. The largest absolute Gasteiger partial charge is 0.497 e. The van der Waals surface area contributed by atoms with E-state index in [0.717, 1.165) is 39.8 Å². The maximum Gasteiger partial charge on any atom is 0.174 e. The SMILES string of the molecule is COc1ccc(N2C(=S)N[C@@H](c3ccccn3)[C@@H]2c2cc(C)n(-c3ccccc3Cl)c2C)cc1. The molecule has 34 heavy (non-hydrogen) atoms. The van der Waals surface area contributed by atoms with Crippen molar-refractivity contribution in [2.75, 3.05) is 12.0 Å². The predicted octanol–water partition coefficient (Wildman–Crippen LogP) is 6.33. The highest BCUT2D eigenvalue weighted by Crippen LogP contribution is 2.44. The summed E-state index contributed by atoms with van der Waals surface area (Å²) in [6, 6.07) is 23.9. The van der Waals surface area contributed by atoms with Crippen LogP contribution in [0.25, 0.3) is 5.69 Å². The number of benzene rings is 2. The van der Waals surface area contributed by atoms with Crippen molar-refractivity contribution in [3.63, 3.8) is 0 Å². The average Bonchev–Trinajstić information content (AvgIpc) is 3.35. The van der Waals surface area contributed by atoms with Crippen molar-refractivity contribution < 1.29 is 4.74 Å². The average molecular weight is 489 g/mol. The van der Waals surface area contributed by atoms with Crippen LogP contribution in [0.5, 0.6) is 5.75 Å². The fourth-order valence-electron chi connectivity index (χ4n) is 4.78. The maximum absolute atomic E-state index is 6.59. The first-order valence-electron chi connectivity index (χ1n) is 11.1. The molecule has 1 aliphatic rings.